The van der Waals surface area contributed by atoms with Gasteiger partial charge in [0, 0.05) is 12.1 Å². The maximum atomic E-state index is 13.3. The van der Waals surface area contributed by atoms with Crippen molar-refractivity contribution in [1.29, 1.82) is 5.26 Å². The van der Waals surface area contributed by atoms with E-state index >= 15 is 0 Å². The number of benzene rings is 1. The third-order valence-corrected chi connectivity index (χ3v) is 2.33. The van der Waals surface area contributed by atoms with Gasteiger partial charge >= 0.3 is 5.69 Å². The second kappa shape index (κ2) is 7.28. The maximum Gasteiger partial charge on any atom is 0.305 e. The van der Waals surface area contributed by atoms with Crippen LogP contribution < -0.4 is 10.1 Å². The normalized spacial score (nSPS) is 11.6. The maximum absolute atomic E-state index is 13.3. The average molecular weight is 267 g/mol. The van der Waals surface area contributed by atoms with Crippen molar-refractivity contribution >= 4 is 5.69 Å². The van der Waals surface area contributed by atoms with Crippen LogP contribution in [0.1, 0.15) is 13.3 Å². The van der Waals surface area contributed by atoms with Gasteiger partial charge in [0.25, 0.3) is 0 Å². The Balaban J connectivity index is 2.61. The molecule has 0 aromatic heterocycles. The molecule has 1 aromatic carbocycles. The van der Waals surface area contributed by atoms with Gasteiger partial charge in [-0.15, -0.1) is 0 Å². The van der Waals surface area contributed by atoms with E-state index in [9.17, 15) is 14.5 Å². The van der Waals surface area contributed by atoms with Gasteiger partial charge in [0.15, 0.2) is 0 Å². The van der Waals surface area contributed by atoms with Crippen molar-refractivity contribution < 1.29 is 14.1 Å². The summed E-state index contributed by atoms with van der Waals surface area (Å²) in [6, 6.07) is 4.78. The van der Waals surface area contributed by atoms with Gasteiger partial charge in [-0.25, -0.2) is 0 Å². The zero-order chi connectivity index (χ0) is 14.3. The molecule has 0 saturated heterocycles. The zero-order valence-corrected chi connectivity index (χ0v) is 10.4. The fraction of sp³-hybridized carbons (Fsp3) is 0.417. The van der Waals surface area contributed by atoms with E-state index in [1.165, 1.54) is 6.07 Å². The monoisotopic (exact) mass is 267 g/mol. The van der Waals surface area contributed by atoms with Gasteiger partial charge in [-0.05, 0) is 19.0 Å². The highest BCUT2D eigenvalue weighted by atomic mass is 19.1. The third kappa shape index (κ3) is 4.52. The molecule has 7 heteroatoms. The van der Waals surface area contributed by atoms with E-state index in [0.29, 0.717) is 6.54 Å². The lowest BCUT2D eigenvalue weighted by Crippen LogP contribution is -2.33. The molecular formula is C12H14FN3O3. The number of halogens is 1. The largest absolute Gasteiger partial charge is 0.491 e. The molecule has 102 valence electrons. The van der Waals surface area contributed by atoms with Crippen molar-refractivity contribution in [2.75, 3.05) is 13.2 Å². The van der Waals surface area contributed by atoms with Gasteiger partial charge in [0.1, 0.15) is 18.4 Å². The van der Waals surface area contributed by atoms with Gasteiger partial charge in [0.05, 0.1) is 11.0 Å². The van der Waals surface area contributed by atoms with E-state index in [2.05, 4.69) is 5.32 Å². The Morgan fingerprint density at radius 1 is 1.63 bits per heavy atom. The summed E-state index contributed by atoms with van der Waals surface area (Å²) in [6.07, 6.45) is 0.879. The summed E-state index contributed by atoms with van der Waals surface area (Å²) in [6.45, 7) is 2.69. The zero-order valence-electron chi connectivity index (χ0n) is 10.4. The molecule has 1 unspecified atom stereocenters. The minimum Gasteiger partial charge on any atom is -0.491 e. The molecule has 19 heavy (non-hydrogen) atoms. The van der Waals surface area contributed by atoms with Crippen LogP contribution in [0.4, 0.5) is 10.1 Å². The Hall–Kier alpha value is -2.20. The molecule has 0 bridgehead atoms. The summed E-state index contributed by atoms with van der Waals surface area (Å²) >= 11 is 0. The second-order valence-corrected chi connectivity index (χ2v) is 3.82. The molecule has 0 aliphatic heterocycles. The number of nitro groups is 1. The number of rotatable bonds is 7. The standard InChI is InChI=1S/C12H14FN3O3/c1-2-5-15-9(7-14)8-19-10-3-4-12(16(17)18)11(13)6-10/h3-4,6,9,15H,2,5,8H2,1H3. The van der Waals surface area contributed by atoms with Crippen LogP contribution in [0.15, 0.2) is 18.2 Å². The Bertz CT molecular complexity index is 488. The van der Waals surface area contributed by atoms with Crippen molar-refractivity contribution in [3.63, 3.8) is 0 Å². The van der Waals surface area contributed by atoms with Crippen molar-refractivity contribution in [2.45, 2.75) is 19.4 Å². The van der Waals surface area contributed by atoms with Crippen LogP contribution in [0.5, 0.6) is 5.75 Å². The van der Waals surface area contributed by atoms with Gasteiger partial charge in [-0.3, -0.25) is 15.4 Å². The number of nitrogens with one attached hydrogen (secondary N) is 1. The first-order chi connectivity index (χ1) is 9.08. The third-order valence-electron chi connectivity index (χ3n) is 2.33. The number of ether oxygens (including phenoxy) is 1. The van der Waals surface area contributed by atoms with Gasteiger partial charge in [0.2, 0.25) is 5.82 Å². The van der Waals surface area contributed by atoms with E-state index in [0.717, 1.165) is 18.6 Å². The summed E-state index contributed by atoms with van der Waals surface area (Å²) < 4.78 is 18.5. The van der Waals surface area contributed by atoms with Gasteiger partial charge in [-0.1, -0.05) is 6.92 Å². The first-order valence-electron chi connectivity index (χ1n) is 5.78. The number of nitro benzene ring substituents is 1. The number of hydrogen-bond acceptors (Lipinski definition) is 5. The molecule has 0 aliphatic rings. The van der Waals surface area contributed by atoms with Crippen LogP contribution in [-0.4, -0.2) is 24.1 Å². The smallest absolute Gasteiger partial charge is 0.305 e. The van der Waals surface area contributed by atoms with E-state index in [-0.39, 0.29) is 12.4 Å². The second-order valence-electron chi connectivity index (χ2n) is 3.82. The number of nitrogens with zero attached hydrogens (tertiary/aromatic N) is 2. The molecule has 6 nitrogen and oxygen atoms in total. The molecule has 1 rings (SSSR count). The molecule has 1 N–H and O–H groups in total. The Morgan fingerprint density at radius 3 is 2.89 bits per heavy atom. The molecule has 0 aliphatic carbocycles. The SMILES string of the molecule is CCCNC(C#N)COc1ccc([N+](=O)[O-])c(F)c1. The molecule has 0 spiro atoms. The van der Waals surface area contributed by atoms with E-state index in [1.54, 1.807) is 0 Å². The number of nitriles is 1. The van der Waals surface area contributed by atoms with Crippen molar-refractivity contribution in [3.05, 3.63) is 34.1 Å². The van der Waals surface area contributed by atoms with E-state index < -0.39 is 22.5 Å². The molecule has 0 saturated carbocycles. The van der Waals surface area contributed by atoms with Crippen molar-refractivity contribution in [3.8, 4) is 11.8 Å². The highest BCUT2D eigenvalue weighted by molar-refractivity contribution is 5.37. The minimum absolute atomic E-state index is 0.0494. The number of hydrogen-bond donors (Lipinski definition) is 1. The summed E-state index contributed by atoms with van der Waals surface area (Å²) in [5, 5.41) is 22.2. The average Bonchev–Trinajstić information content (AvgIpc) is 2.38. The van der Waals surface area contributed by atoms with Crippen LogP contribution in [0, 0.1) is 27.3 Å². The minimum atomic E-state index is -0.961. The van der Waals surface area contributed by atoms with Crippen LogP contribution in [0.3, 0.4) is 0 Å². The summed E-state index contributed by atoms with van der Waals surface area (Å²) in [7, 11) is 0. The Kier molecular flexibility index (Phi) is 5.70. The van der Waals surface area contributed by atoms with E-state index in [1.807, 2.05) is 13.0 Å². The predicted molar refractivity (Wildman–Crippen MR) is 66.2 cm³/mol. The lowest BCUT2D eigenvalue weighted by Gasteiger charge is -2.12. The molecule has 0 amide bonds. The van der Waals surface area contributed by atoms with Crippen LogP contribution in [-0.2, 0) is 0 Å². The van der Waals surface area contributed by atoms with E-state index in [4.69, 9.17) is 10.00 Å². The lowest BCUT2D eigenvalue weighted by atomic mass is 10.3. The van der Waals surface area contributed by atoms with Crippen molar-refractivity contribution in [2.24, 2.45) is 0 Å². The molecular weight excluding hydrogens is 253 g/mol. The van der Waals surface area contributed by atoms with Crippen LogP contribution >= 0.6 is 0 Å². The summed E-state index contributed by atoms with van der Waals surface area (Å²) in [4.78, 5) is 9.63. The van der Waals surface area contributed by atoms with Crippen LogP contribution in [0.25, 0.3) is 0 Å². The topological polar surface area (TPSA) is 88.2 Å². The molecule has 0 heterocycles. The summed E-state index contributed by atoms with van der Waals surface area (Å²) in [5.74, 6) is -0.806. The molecule has 0 fully saturated rings. The Labute approximate surface area is 109 Å². The fourth-order valence-electron chi connectivity index (χ4n) is 1.37. The Morgan fingerprint density at radius 2 is 2.37 bits per heavy atom. The lowest BCUT2D eigenvalue weighted by molar-refractivity contribution is -0.387. The quantitative estimate of drug-likeness (QED) is 0.603. The highest BCUT2D eigenvalue weighted by Crippen LogP contribution is 2.22. The fourth-order valence-corrected chi connectivity index (χ4v) is 1.37. The van der Waals surface area contributed by atoms with Crippen LogP contribution in [0.2, 0.25) is 0 Å². The van der Waals surface area contributed by atoms with Crippen molar-refractivity contribution in [1.82, 2.24) is 5.32 Å². The van der Waals surface area contributed by atoms with Gasteiger partial charge in [-0.2, -0.15) is 9.65 Å². The predicted octanol–water partition coefficient (Wildman–Crippen LogP) is 2.00. The molecule has 1 atom stereocenters. The first kappa shape index (κ1) is 14.9. The molecule has 1 aromatic rings. The highest BCUT2D eigenvalue weighted by Gasteiger charge is 2.15. The summed E-state index contributed by atoms with van der Waals surface area (Å²) in [5.41, 5.74) is -0.603. The molecule has 0 radical (unpaired) electrons. The van der Waals surface area contributed by atoms with Gasteiger partial charge < -0.3 is 4.74 Å². The first-order valence-corrected chi connectivity index (χ1v) is 5.78.